The maximum absolute atomic E-state index is 14.5. The molecule has 1 N–H and O–H groups in total. The number of nitrogens with zero attached hydrogens (tertiary/aromatic N) is 5. The molecule has 0 spiro atoms. The van der Waals surface area contributed by atoms with Gasteiger partial charge in [-0.25, -0.2) is 9.78 Å². The van der Waals surface area contributed by atoms with Gasteiger partial charge in [-0.3, -0.25) is 19.6 Å². The Morgan fingerprint density at radius 2 is 1.69 bits per heavy atom. The first-order valence-electron chi connectivity index (χ1n) is 15.3. The van der Waals surface area contributed by atoms with E-state index < -0.39 is 23.0 Å². The number of nitro benzene ring substituents is 1. The highest BCUT2D eigenvalue weighted by atomic mass is 16.6. The van der Waals surface area contributed by atoms with Crippen LogP contribution in [0.1, 0.15) is 55.3 Å². The lowest BCUT2D eigenvalue weighted by molar-refractivity contribution is -0.384. The fraction of sp³-hybridized carbons (Fsp3) is 0.314. The van der Waals surface area contributed by atoms with Crippen molar-refractivity contribution >= 4 is 23.4 Å². The van der Waals surface area contributed by atoms with Gasteiger partial charge in [0, 0.05) is 44.0 Å². The number of hydrogen-bond donors (Lipinski definition) is 1. The Bertz CT molecular complexity index is 1680. The minimum Gasteiger partial charge on any atom is -0.453 e. The number of esters is 1. The number of allylic oxidation sites excluding steroid dienone is 1. The lowest BCUT2D eigenvalue weighted by Crippen LogP contribution is -2.34. The number of nitro groups is 1. The van der Waals surface area contributed by atoms with Gasteiger partial charge in [-0.15, -0.1) is 0 Å². The topological polar surface area (TPSA) is 106 Å². The number of aromatic nitrogens is 2. The summed E-state index contributed by atoms with van der Waals surface area (Å²) in [5, 5.41) is 15.2. The van der Waals surface area contributed by atoms with Gasteiger partial charge < -0.3 is 15.0 Å². The zero-order valence-electron chi connectivity index (χ0n) is 26.4. The zero-order valence-corrected chi connectivity index (χ0v) is 26.4. The number of carbonyl (C=O) groups is 1. The van der Waals surface area contributed by atoms with Gasteiger partial charge in [0.15, 0.2) is 0 Å². The summed E-state index contributed by atoms with van der Waals surface area (Å²) in [5.74, 6) is 0.919. The molecular formula is C35H40N6O4. The first-order valence-corrected chi connectivity index (χ1v) is 15.3. The first-order chi connectivity index (χ1) is 21.7. The summed E-state index contributed by atoms with van der Waals surface area (Å²) in [5.41, 5.74) is 4.34. The number of carbonyl (C=O) groups excluding carboxylic acids is 1. The number of imidazole rings is 1. The van der Waals surface area contributed by atoms with E-state index >= 15 is 0 Å². The molecule has 2 unspecified atom stereocenters. The van der Waals surface area contributed by atoms with Crippen molar-refractivity contribution in [3.8, 4) is 0 Å². The highest BCUT2D eigenvalue weighted by Gasteiger charge is 2.38. The lowest BCUT2D eigenvalue weighted by Gasteiger charge is -2.34. The van der Waals surface area contributed by atoms with Crippen molar-refractivity contribution in [2.24, 2.45) is 0 Å². The number of aryl methyl sites for hydroxylation is 1. The van der Waals surface area contributed by atoms with Crippen molar-refractivity contribution < 1.29 is 14.5 Å². The number of nitrogens with one attached hydrogen (secondary N) is 1. The second-order valence-corrected chi connectivity index (χ2v) is 11.3. The molecular weight excluding hydrogens is 568 g/mol. The molecule has 0 radical (unpaired) electrons. The largest absolute Gasteiger partial charge is 0.453 e. The van der Waals surface area contributed by atoms with E-state index in [2.05, 4.69) is 41.1 Å². The van der Waals surface area contributed by atoms with Gasteiger partial charge >= 0.3 is 5.97 Å². The van der Waals surface area contributed by atoms with Gasteiger partial charge in [0.2, 0.25) is 5.95 Å². The van der Waals surface area contributed by atoms with Crippen LogP contribution in [0.25, 0.3) is 0 Å². The summed E-state index contributed by atoms with van der Waals surface area (Å²) < 4.78 is 8.38. The average molecular weight is 609 g/mol. The molecule has 1 aliphatic rings. The smallest absolute Gasteiger partial charge is 0.338 e. The highest BCUT2D eigenvalue weighted by Crippen LogP contribution is 2.43. The molecule has 0 amide bonds. The fourth-order valence-electron chi connectivity index (χ4n) is 6.05. The Kier molecular flexibility index (Phi) is 9.63. The second-order valence-electron chi connectivity index (χ2n) is 11.3. The van der Waals surface area contributed by atoms with Crippen LogP contribution in [0.15, 0.2) is 96.2 Å². The number of hydrogen-bond acceptors (Lipinski definition) is 8. The lowest BCUT2D eigenvalue weighted by atomic mass is 9.94. The molecule has 5 rings (SSSR count). The van der Waals surface area contributed by atoms with Crippen LogP contribution in [-0.4, -0.2) is 52.0 Å². The molecule has 0 aliphatic carbocycles. The van der Waals surface area contributed by atoms with Crippen molar-refractivity contribution in [3.63, 3.8) is 0 Å². The number of likely N-dealkylation sites (N-methyl/N-ethyl adjacent to an activating group) is 1. The van der Waals surface area contributed by atoms with Crippen LogP contribution in [0.2, 0.25) is 0 Å². The molecule has 45 heavy (non-hydrogen) atoms. The minimum atomic E-state index is -0.705. The SMILES string of the molecule is CCN(CC)c1c(C)nc2n1C(c1cccc([N+](=O)[O-])c1)C(C(=O)OC(CN(C)Cc1ccccc1)c1ccccc1)=C(C)N2. The Morgan fingerprint density at radius 1 is 1.02 bits per heavy atom. The normalized spacial score (nSPS) is 14.9. The Hall–Kier alpha value is -4.96. The Balaban J connectivity index is 1.57. The molecule has 2 atom stereocenters. The van der Waals surface area contributed by atoms with Crippen LogP contribution < -0.4 is 10.2 Å². The van der Waals surface area contributed by atoms with E-state index in [4.69, 9.17) is 9.72 Å². The molecule has 4 aromatic rings. The molecule has 0 saturated heterocycles. The van der Waals surface area contributed by atoms with Crippen molar-refractivity contribution in [2.45, 2.75) is 46.4 Å². The number of non-ortho nitro benzene ring substituents is 1. The maximum Gasteiger partial charge on any atom is 0.338 e. The fourth-order valence-corrected chi connectivity index (χ4v) is 6.05. The van der Waals surface area contributed by atoms with Crippen molar-refractivity contribution in [1.29, 1.82) is 0 Å². The van der Waals surface area contributed by atoms with E-state index in [0.717, 1.165) is 35.7 Å². The molecule has 0 saturated carbocycles. The molecule has 10 nitrogen and oxygen atoms in total. The first kappa shape index (κ1) is 31.5. The molecule has 1 aliphatic heterocycles. The third-order valence-electron chi connectivity index (χ3n) is 8.16. The van der Waals surface area contributed by atoms with E-state index in [1.807, 2.05) is 80.1 Å². The summed E-state index contributed by atoms with van der Waals surface area (Å²) in [4.78, 5) is 35.0. The van der Waals surface area contributed by atoms with Crippen LogP contribution in [0.4, 0.5) is 17.5 Å². The van der Waals surface area contributed by atoms with Crippen LogP contribution in [-0.2, 0) is 16.1 Å². The standard InChI is InChI=1S/C35H40N6O4/c1-6-39(7-2)33-25(4)37-35-36-24(3)31(32(40(33)35)28-19-14-20-29(21-28)41(43)44)34(42)45-30(27-17-12-9-13-18-27)23-38(5)22-26-15-10-8-11-16-26/h8-21,30,32H,6-7,22-23H2,1-5H3,(H,36,37). The summed E-state index contributed by atoms with van der Waals surface area (Å²) in [6.07, 6.45) is -0.563. The van der Waals surface area contributed by atoms with Crippen molar-refractivity contribution in [1.82, 2.24) is 14.5 Å². The number of benzene rings is 3. The third-order valence-corrected chi connectivity index (χ3v) is 8.16. The molecule has 3 aromatic carbocycles. The summed E-state index contributed by atoms with van der Waals surface area (Å²) in [7, 11) is 2.01. The number of rotatable bonds is 12. The number of anilines is 2. The molecule has 234 valence electrons. The maximum atomic E-state index is 14.5. The predicted octanol–water partition coefficient (Wildman–Crippen LogP) is 6.65. The summed E-state index contributed by atoms with van der Waals surface area (Å²) >= 11 is 0. The Morgan fingerprint density at radius 3 is 2.33 bits per heavy atom. The minimum absolute atomic E-state index is 0.0520. The quantitative estimate of drug-likeness (QED) is 0.108. The number of fused-ring (bicyclic) bond motifs is 1. The van der Waals surface area contributed by atoms with Gasteiger partial charge in [0.25, 0.3) is 5.69 Å². The average Bonchev–Trinajstić information content (AvgIpc) is 3.36. The molecule has 10 heteroatoms. The van der Waals surface area contributed by atoms with Gasteiger partial charge in [-0.05, 0) is 51.4 Å². The highest BCUT2D eigenvalue weighted by molar-refractivity contribution is 5.93. The van der Waals surface area contributed by atoms with E-state index in [1.165, 1.54) is 12.1 Å². The van der Waals surface area contributed by atoms with Crippen LogP contribution in [0, 0.1) is 17.0 Å². The van der Waals surface area contributed by atoms with Crippen molar-refractivity contribution in [2.75, 3.05) is 36.9 Å². The number of ether oxygens (including phenoxy) is 1. The third kappa shape index (κ3) is 6.76. The predicted molar refractivity (Wildman–Crippen MR) is 176 cm³/mol. The Labute approximate surface area is 264 Å². The van der Waals surface area contributed by atoms with Gasteiger partial charge in [-0.1, -0.05) is 72.8 Å². The molecule has 0 fully saturated rings. The van der Waals surface area contributed by atoms with E-state index in [9.17, 15) is 14.9 Å². The zero-order chi connectivity index (χ0) is 32.1. The summed E-state index contributed by atoms with van der Waals surface area (Å²) in [6, 6.07) is 25.6. The van der Waals surface area contributed by atoms with E-state index in [0.29, 0.717) is 35.9 Å². The van der Waals surface area contributed by atoms with Gasteiger partial charge in [0.1, 0.15) is 11.9 Å². The van der Waals surface area contributed by atoms with Crippen LogP contribution >= 0.6 is 0 Å². The second kappa shape index (κ2) is 13.8. The van der Waals surface area contributed by atoms with Gasteiger partial charge in [-0.2, -0.15) is 0 Å². The van der Waals surface area contributed by atoms with Crippen LogP contribution in [0.5, 0.6) is 0 Å². The van der Waals surface area contributed by atoms with Crippen LogP contribution in [0.3, 0.4) is 0 Å². The molecule has 2 heterocycles. The van der Waals surface area contributed by atoms with E-state index in [1.54, 1.807) is 6.07 Å². The van der Waals surface area contributed by atoms with Crippen molar-refractivity contribution in [3.05, 3.63) is 129 Å². The van der Waals surface area contributed by atoms with E-state index in [-0.39, 0.29) is 5.69 Å². The van der Waals surface area contributed by atoms with Gasteiger partial charge in [0.05, 0.1) is 22.2 Å². The molecule has 0 bridgehead atoms. The summed E-state index contributed by atoms with van der Waals surface area (Å²) in [6.45, 7) is 10.5. The molecule has 1 aromatic heterocycles. The monoisotopic (exact) mass is 608 g/mol.